The Morgan fingerprint density at radius 2 is 1.52 bits per heavy atom. The zero-order valence-electron chi connectivity index (χ0n) is 22.9. The van der Waals surface area contributed by atoms with Gasteiger partial charge in [-0.05, 0) is 68.4 Å². The molecule has 0 N–H and O–H groups in total. The summed E-state index contributed by atoms with van der Waals surface area (Å²) < 4.78 is 71.3. The van der Waals surface area contributed by atoms with Gasteiger partial charge in [0, 0.05) is 75.3 Å². The molecule has 5 aliphatic heterocycles. The van der Waals surface area contributed by atoms with Gasteiger partial charge in [-0.3, -0.25) is 0 Å². The zero-order chi connectivity index (χ0) is 29.0. The van der Waals surface area contributed by atoms with Crippen molar-refractivity contribution in [2.24, 2.45) is 0 Å². The molecule has 3 aromatic carbocycles. The molecule has 0 aromatic heterocycles. The van der Waals surface area contributed by atoms with Crippen LogP contribution in [0.2, 0.25) is 0 Å². The van der Waals surface area contributed by atoms with Gasteiger partial charge < -0.3 is 14.2 Å². The van der Waals surface area contributed by atoms with Crippen molar-refractivity contribution in [1.29, 1.82) is 0 Å². The van der Waals surface area contributed by atoms with Crippen LogP contribution in [0.5, 0.6) is 11.5 Å². The number of rotatable bonds is 3. The fourth-order valence-electron chi connectivity index (χ4n) is 7.87. The second-order valence-electron chi connectivity index (χ2n) is 11.9. The smallest absolute Gasteiger partial charge is 0.261 e. The van der Waals surface area contributed by atoms with Crippen molar-refractivity contribution in [1.82, 2.24) is 4.58 Å². The Balaban J connectivity index is 1.55. The first-order valence-electron chi connectivity index (χ1n) is 14.6. The third-order valence-corrected chi connectivity index (χ3v) is 11.7. The topological polar surface area (TPSA) is 107 Å². The van der Waals surface area contributed by atoms with E-state index in [1.165, 1.54) is 34.3 Å². The van der Waals surface area contributed by atoms with E-state index < -0.39 is 29.0 Å². The number of aryl methyl sites for hydroxylation is 2. The molecule has 0 fully saturated rings. The van der Waals surface area contributed by atoms with Crippen LogP contribution in [-0.4, -0.2) is 47.6 Å². The third kappa shape index (κ3) is 3.98. The molecule has 0 atom stereocenters. The molecule has 3 aromatic rings. The highest BCUT2D eigenvalue weighted by Gasteiger charge is 2.36. The maximum atomic E-state index is 13.0. The summed E-state index contributed by atoms with van der Waals surface area (Å²) >= 11 is 0. The Kier molecular flexibility index (Phi) is 5.90. The number of benzene rings is 3. The molecule has 0 radical (unpaired) electrons. The molecule has 0 spiro atoms. The predicted molar refractivity (Wildman–Crippen MR) is 158 cm³/mol. The van der Waals surface area contributed by atoms with Crippen LogP contribution in [0.1, 0.15) is 59.1 Å². The number of hydrogen-bond donors (Lipinski definition) is 0. The van der Waals surface area contributed by atoms with E-state index in [2.05, 4.69) is 21.6 Å². The average molecular weight is 625 g/mol. The quantitative estimate of drug-likeness (QED) is 0.196. The Morgan fingerprint density at radius 1 is 0.810 bits per heavy atom. The van der Waals surface area contributed by atoms with Gasteiger partial charge in [-0.1, -0.05) is 6.07 Å². The summed E-state index contributed by atoms with van der Waals surface area (Å²) in [4.78, 5) is 1.42. The molecule has 0 aliphatic carbocycles. The van der Waals surface area contributed by atoms with Crippen LogP contribution >= 0.6 is 10.7 Å². The maximum Gasteiger partial charge on any atom is 0.261 e. The van der Waals surface area contributed by atoms with Gasteiger partial charge in [0.25, 0.3) is 9.05 Å². The van der Waals surface area contributed by atoms with E-state index >= 15 is 0 Å². The van der Waals surface area contributed by atoms with Crippen LogP contribution in [0.3, 0.4) is 0 Å². The van der Waals surface area contributed by atoms with Gasteiger partial charge >= 0.3 is 0 Å². The minimum absolute atomic E-state index is 0.273. The van der Waals surface area contributed by atoms with Gasteiger partial charge in [-0.15, -0.1) is 0 Å². The van der Waals surface area contributed by atoms with Crippen molar-refractivity contribution in [3.63, 3.8) is 0 Å². The molecule has 0 saturated carbocycles. The van der Waals surface area contributed by atoms with E-state index in [1.54, 1.807) is 0 Å². The molecule has 0 saturated heterocycles. The van der Waals surface area contributed by atoms with Crippen LogP contribution in [0.25, 0.3) is 5.57 Å². The van der Waals surface area contributed by atoms with E-state index in [1.807, 2.05) is 0 Å². The van der Waals surface area contributed by atoms with Crippen molar-refractivity contribution in [3.05, 3.63) is 74.3 Å². The van der Waals surface area contributed by atoms with E-state index in [4.69, 9.17) is 15.4 Å². The van der Waals surface area contributed by atoms with E-state index in [-0.39, 0.29) is 5.56 Å². The van der Waals surface area contributed by atoms with Crippen molar-refractivity contribution in [3.8, 4) is 11.5 Å². The first-order valence-corrected chi connectivity index (χ1v) is 18.3. The summed E-state index contributed by atoms with van der Waals surface area (Å²) in [5.41, 5.74) is 7.65. The number of halogens is 1. The zero-order valence-corrected chi connectivity index (χ0v) is 25.3. The van der Waals surface area contributed by atoms with Crippen LogP contribution < -0.4 is 24.8 Å². The van der Waals surface area contributed by atoms with Gasteiger partial charge in [0.2, 0.25) is 5.36 Å². The summed E-state index contributed by atoms with van der Waals surface area (Å²) in [6.45, 7) is 4.00. The number of ether oxygens (including phenoxy) is 1. The largest absolute Gasteiger partial charge is 0.744 e. The monoisotopic (exact) mass is 624 g/mol. The molecule has 5 aliphatic rings. The van der Waals surface area contributed by atoms with Crippen LogP contribution in [0.15, 0.2) is 40.1 Å². The highest BCUT2D eigenvalue weighted by Crippen LogP contribution is 2.49. The molecule has 5 heterocycles. The molecular formula is C31H29ClN2O6S2. The molecular weight excluding hydrogens is 596 g/mol. The normalized spacial score (nSPS) is 19.0. The Bertz CT molecular complexity index is 2080. The minimum Gasteiger partial charge on any atom is -0.744 e. The van der Waals surface area contributed by atoms with Gasteiger partial charge in [0.15, 0.2) is 0 Å². The summed E-state index contributed by atoms with van der Waals surface area (Å²) in [6, 6.07) is 7.76. The lowest BCUT2D eigenvalue weighted by molar-refractivity contribution is 0.431. The Hall–Kier alpha value is -2.92. The molecule has 42 heavy (non-hydrogen) atoms. The third-order valence-electron chi connectivity index (χ3n) is 9.46. The van der Waals surface area contributed by atoms with E-state index in [9.17, 15) is 21.4 Å². The highest BCUT2D eigenvalue weighted by molar-refractivity contribution is 8.13. The van der Waals surface area contributed by atoms with Gasteiger partial charge in [0.05, 0.1) is 15.4 Å². The van der Waals surface area contributed by atoms with E-state index in [0.717, 1.165) is 117 Å². The lowest BCUT2D eigenvalue weighted by atomic mass is 9.82. The number of anilines is 1. The first kappa shape index (κ1) is 26.7. The van der Waals surface area contributed by atoms with E-state index in [0.29, 0.717) is 5.57 Å². The molecule has 11 heteroatoms. The summed E-state index contributed by atoms with van der Waals surface area (Å²) in [5, 5.41) is 2.02. The fourth-order valence-corrected chi connectivity index (χ4v) is 9.53. The van der Waals surface area contributed by atoms with Crippen LogP contribution in [0, 0.1) is 0 Å². The van der Waals surface area contributed by atoms with Gasteiger partial charge in [-0.2, -0.15) is 0 Å². The second kappa shape index (κ2) is 9.29. The van der Waals surface area contributed by atoms with Crippen molar-refractivity contribution < 1.29 is 26.1 Å². The maximum absolute atomic E-state index is 13.0. The summed E-state index contributed by atoms with van der Waals surface area (Å²) in [5.74, 6) is 1.48. The standard InChI is InChI=1S/C31H29ClN2O6S2/c32-41(35,36)26-17-20(42(37,38)39)9-10-21(26)27-24-15-18-5-1-11-33-13-3-7-22(28(18)33)30(24)40-31-23-8-4-14-34-12-2-6-19(29(23)34)16-25(27)31/h9-10,15-17H,1-8,11-14H2. The molecule has 8 nitrogen and oxygen atoms in total. The fraction of sp³-hybridized carbons (Fsp3) is 0.387. The highest BCUT2D eigenvalue weighted by atomic mass is 35.7. The Labute approximate surface area is 249 Å². The molecule has 8 rings (SSSR count). The molecule has 218 valence electrons. The summed E-state index contributed by atoms with van der Waals surface area (Å²) in [6.07, 6.45) is 7.57. The number of hydrogen-bond acceptors (Lipinski definition) is 7. The average Bonchev–Trinajstić information content (AvgIpc) is 2.96. The Morgan fingerprint density at radius 3 is 2.29 bits per heavy atom. The predicted octanol–water partition coefficient (Wildman–Crippen LogP) is 2.95. The SMILES string of the molecule is O=S(=O)([O-])c1ccc(C2=c3cc4c5c(c3Oc3c2cc2c6c3CCCN6CCC2)CCC[N+]=5CCC4)c(S(=O)(=O)Cl)c1. The molecule has 0 unspecified atom stereocenters. The molecule has 0 amide bonds. The first-order chi connectivity index (χ1) is 20.1. The second-order valence-corrected chi connectivity index (χ2v) is 15.8. The number of fused-ring (bicyclic) bond motifs is 4. The molecule has 0 bridgehead atoms. The van der Waals surface area contributed by atoms with Gasteiger partial charge in [0.1, 0.15) is 34.7 Å². The minimum atomic E-state index is -4.91. The van der Waals surface area contributed by atoms with Crippen LogP contribution in [0.4, 0.5) is 5.69 Å². The number of nitrogens with zero attached hydrogens (tertiary/aromatic N) is 2. The summed E-state index contributed by atoms with van der Waals surface area (Å²) in [7, 11) is -3.37. The van der Waals surface area contributed by atoms with Crippen molar-refractivity contribution in [2.75, 3.05) is 31.1 Å². The lowest BCUT2D eigenvalue weighted by Gasteiger charge is -2.39. The van der Waals surface area contributed by atoms with Crippen LogP contribution in [-0.2, 0) is 44.9 Å². The van der Waals surface area contributed by atoms with Crippen molar-refractivity contribution in [2.45, 2.75) is 61.2 Å². The van der Waals surface area contributed by atoms with Gasteiger partial charge in [-0.25, -0.2) is 21.4 Å². The van der Waals surface area contributed by atoms with Crippen molar-refractivity contribution >= 4 is 41.1 Å². The lowest BCUT2D eigenvalue weighted by Crippen LogP contribution is -2.45.